The molecular weight excluding hydrogens is 616 g/mol. The van der Waals surface area contributed by atoms with Gasteiger partial charge in [0.25, 0.3) is 0 Å². The van der Waals surface area contributed by atoms with Crippen LogP contribution in [-0.4, -0.2) is 85.5 Å². The molecule has 10 heteroatoms. The van der Waals surface area contributed by atoms with E-state index in [1.165, 1.54) is 39.4 Å². The van der Waals surface area contributed by atoms with E-state index in [1.54, 1.807) is 4.90 Å². The van der Waals surface area contributed by atoms with Crippen molar-refractivity contribution < 1.29 is 19.1 Å². The summed E-state index contributed by atoms with van der Waals surface area (Å²) in [6.07, 6.45) is -0.459. The molecule has 7 rings (SSSR count). The molecule has 0 unspecified atom stereocenters. The number of para-hydroxylation sites is 2. The Kier molecular flexibility index (Phi) is 9.86. The van der Waals surface area contributed by atoms with Crippen molar-refractivity contribution in [2.24, 2.45) is 0 Å². The molecule has 0 spiro atoms. The molecule has 0 atom stereocenters. The standard InChI is InChI=1S/C23H29N3O2.C16H23N3O2/c1-23(2,3)28-22(27)26-15-13-24-12-14-25(16-18-8-5-4-6-9-18)20-11-7-10-19(17-26)21(20)24;1-16(2,3)21-15(20)19-10-9-18-8-7-17-13-6-4-5-12(11-19)14(13)18/h4-11H,12-17H2,1-3H3;4-6,17H,7-11H2,1-3H3. The van der Waals surface area contributed by atoms with E-state index in [-0.39, 0.29) is 12.2 Å². The molecule has 0 radical (unpaired) electrons. The molecule has 262 valence electrons. The second kappa shape index (κ2) is 14.1. The number of ether oxygens (including phenoxy) is 2. The molecule has 0 saturated carbocycles. The second-order valence-corrected chi connectivity index (χ2v) is 15.2. The molecule has 4 aliphatic rings. The third-order valence-electron chi connectivity index (χ3n) is 9.05. The highest BCUT2D eigenvalue weighted by atomic mass is 16.6. The van der Waals surface area contributed by atoms with Crippen molar-refractivity contribution in [3.05, 3.63) is 83.4 Å². The lowest BCUT2D eigenvalue weighted by atomic mass is 10.1. The first kappa shape index (κ1) is 34.3. The van der Waals surface area contributed by atoms with Crippen molar-refractivity contribution >= 4 is 34.9 Å². The summed E-state index contributed by atoms with van der Waals surface area (Å²) in [6.45, 7) is 20.5. The van der Waals surface area contributed by atoms with Gasteiger partial charge in [-0.1, -0.05) is 54.6 Å². The fourth-order valence-electron chi connectivity index (χ4n) is 6.90. The molecule has 0 fully saturated rings. The molecule has 1 N–H and O–H groups in total. The Bertz CT molecular complexity index is 1630. The summed E-state index contributed by atoms with van der Waals surface area (Å²) in [5.74, 6) is 0. The van der Waals surface area contributed by atoms with Crippen molar-refractivity contribution in [3.63, 3.8) is 0 Å². The Labute approximate surface area is 291 Å². The van der Waals surface area contributed by atoms with E-state index in [9.17, 15) is 9.59 Å². The predicted molar refractivity (Wildman–Crippen MR) is 197 cm³/mol. The Morgan fingerprint density at radius 3 is 1.80 bits per heavy atom. The molecule has 3 aromatic rings. The highest BCUT2D eigenvalue weighted by Gasteiger charge is 2.32. The summed E-state index contributed by atoms with van der Waals surface area (Å²) >= 11 is 0. The van der Waals surface area contributed by atoms with Gasteiger partial charge in [-0.3, -0.25) is 0 Å². The number of carbonyl (C=O) groups is 2. The lowest BCUT2D eigenvalue weighted by Gasteiger charge is -2.39. The average molecular weight is 669 g/mol. The number of nitrogens with one attached hydrogen (secondary N) is 1. The van der Waals surface area contributed by atoms with Gasteiger partial charge in [-0.15, -0.1) is 0 Å². The first-order valence-corrected chi connectivity index (χ1v) is 17.6. The number of anilines is 4. The van der Waals surface area contributed by atoms with Gasteiger partial charge in [-0.2, -0.15) is 0 Å². The maximum absolute atomic E-state index is 12.7. The first-order chi connectivity index (χ1) is 23.3. The van der Waals surface area contributed by atoms with Crippen LogP contribution in [0.4, 0.5) is 32.3 Å². The van der Waals surface area contributed by atoms with Crippen LogP contribution in [-0.2, 0) is 29.1 Å². The molecule has 2 amide bonds. The van der Waals surface area contributed by atoms with Crippen molar-refractivity contribution in [2.75, 3.05) is 72.4 Å². The minimum absolute atomic E-state index is 0.229. The Balaban J connectivity index is 0.000000177. The number of rotatable bonds is 2. The summed E-state index contributed by atoms with van der Waals surface area (Å²) in [7, 11) is 0. The van der Waals surface area contributed by atoms with E-state index in [1.807, 2.05) is 52.5 Å². The third kappa shape index (κ3) is 8.35. The minimum Gasteiger partial charge on any atom is -0.444 e. The number of amides is 2. The Morgan fingerprint density at radius 1 is 0.633 bits per heavy atom. The first-order valence-electron chi connectivity index (χ1n) is 17.6. The SMILES string of the molecule is CC(C)(C)OC(=O)N1CCN2CCN(Cc3ccccc3)c3cccc(c32)C1.CC(C)(C)OC(=O)N1CCN2CCNc3cccc(c32)C1. The van der Waals surface area contributed by atoms with E-state index >= 15 is 0 Å². The van der Waals surface area contributed by atoms with Gasteiger partial charge in [0.2, 0.25) is 0 Å². The van der Waals surface area contributed by atoms with Gasteiger partial charge < -0.3 is 39.3 Å². The molecule has 4 aliphatic heterocycles. The monoisotopic (exact) mass is 668 g/mol. The van der Waals surface area contributed by atoms with Crippen molar-refractivity contribution in [1.29, 1.82) is 0 Å². The fraction of sp³-hybridized carbons (Fsp3) is 0.487. The summed E-state index contributed by atoms with van der Waals surface area (Å²) in [5, 5.41) is 3.44. The molecular formula is C39H52N6O4. The molecule has 4 heterocycles. The van der Waals surface area contributed by atoms with Crippen LogP contribution >= 0.6 is 0 Å². The van der Waals surface area contributed by atoms with Crippen LogP contribution in [0.15, 0.2) is 66.7 Å². The molecule has 3 aromatic carbocycles. The second-order valence-electron chi connectivity index (χ2n) is 15.2. The van der Waals surface area contributed by atoms with Crippen LogP contribution in [0.3, 0.4) is 0 Å². The van der Waals surface area contributed by atoms with Gasteiger partial charge >= 0.3 is 12.2 Å². The maximum atomic E-state index is 12.7. The smallest absolute Gasteiger partial charge is 0.410 e. The van der Waals surface area contributed by atoms with E-state index in [0.29, 0.717) is 26.2 Å². The number of hydrogen-bond acceptors (Lipinski definition) is 8. The van der Waals surface area contributed by atoms with Gasteiger partial charge in [0.05, 0.1) is 35.8 Å². The Morgan fingerprint density at radius 2 is 1.18 bits per heavy atom. The number of carbonyl (C=O) groups excluding carboxylic acids is 2. The highest BCUT2D eigenvalue weighted by molar-refractivity contribution is 5.79. The topological polar surface area (TPSA) is 80.8 Å². The molecule has 0 aromatic heterocycles. The summed E-state index contributed by atoms with van der Waals surface area (Å²) in [5.41, 5.74) is 7.71. The molecule has 0 saturated heterocycles. The van der Waals surface area contributed by atoms with Crippen LogP contribution in [0.2, 0.25) is 0 Å². The zero-order chi connectivity index (χ0) is 34.8. The lowest BCUT2D eigenvalue weighted by Crippen LogP contribution is -2.43. The minimum atomic E-state index is -0.478. The Hall–Kier alpha value is -4.60. The quantitative estimate of drug-likeness (QED) is 0.315. The van der Waals surface area contributed by atoms with E-state index in [4.69, 9.17) is 9.47 Å². The number of hydrogen-bond donors (Lipinski definition) is 1. The highest BCUT2D eigenvalue weighted by Crippen LogP contribution is 2.39. The molecule has 10 nitrogen and oxygen atoms in total. The summed E-state index contributed by atoms with van der Waals surface area (Å²) in [4.78, 5) is 35.9. The average Bonchev–Trinajstić information content (AvgIpc) is 3.36. The van der Waals surface area contributed by atoms with Gasteiger partial charge in [-0.05, 0) is 70.4 Å². The number of benzene rings is 3. The summed E-state index contributed by atoms with van der Waals surface area (Å²) in [6, 6.07) is 23.3. The van der Waals surface area contributed by atoms with Crippen LogP contribution in [0.1, 0.15) is 58.2 Å². The van der Waals surface area contributed by atoms with Crippen LogP contribution in [0.25, 0.3) is 0 Å². The zero-order valence-electron chi connectivity index (χ0n) is 30.0. The normalized spacial score (nSPS) is 17.0. The largest absolute Gasteiger partial charge is 0.444 e. The van der Waals surface area contributed by atoms with Gasteiger partial charge in [0.15, 0.2) is 0 Å². The van der Waals surface area contributed by atoms with E-state index < -0.39 is 11.2 Å². The maximum Gasteiger partial charge on any atom is 0.410 e. The van der Waals surface area contributed by atoms with Crippen LogP contribution in [0, 0.1) is 0 Å². The van der Waals surface area contributed by atoms with Crippen LogP contribution in [0.5, 0.6) is 0 Å². The third-order valence-corrected chi connectivity index (χ3v) is 9.05. The predicted octanol–water partition coefficient (Wildman–Crippen LogP) is 6.93. The van der Waals surface area contributed by atoms with Gasteiger partial charge in [0.1, 0.15) is 11.2 Å². The van der Waals surface area contributed by atoms with Crippen molar-refractivity contribution in [1.82, 2.24) is 9.80 Å². The van der Waals surface area contributed by atoms with Gasteiger partial charge in [-0.25, -0.2) is 9.59 Å². The van der Waals surface area contributed by atoms with Gasteiger partial charge in [0, 0.05) is 58.9 Å². The zero-order valence-corrected chi connectivity index (χ0v) is 30.0. The van der Waals surface area contributed by atoms with E-state index in [2.05, 4.69) is 80.7 Å². The molecule has 0 aliphatic carbocycles. The number of nitrogens with zero attached hydrogens (tertiary/aromatic N) is 5. The van der Waals surface area contributed by atoms with Crippen molar-refractivity contribution in [2.45, 2.75) is 72.4 Å². The molecule has 0 bridgehead atoms. The van der Waals surface area contributed by atoms with Crippen molar-refractivity contribution in [3.8, 4) is 0 Å². The summed E-state index contributed by atoms with van der Waals surface area (Å²) < 4.78 is 11.1. The molecule has 49 heavy (non-hydrogen) atoms. The fourth-order valence-corrected chi connectivity index (χ4v) is 6.90. The lowest BCUT2D eigenvalue weighted by molar-refractivity contribution is 0.0233. The van der Waals surface area contributed by atoms with Crippen LogP contribution < -0.4 is 20.0 Å². The van der Waals surface area contributed by atoms with E-state index in [0.717, 1.165) is 45.8 Å².